The topological polar surface area (TPSA) is 12.5 Å². The number of ether oxygens (including phenoxy) is 1. The molecule has 0 bridgehead atoms. The number of benzene rings is 1. The van der Waals surface area contributed by atoms with Crippen molar-refractivity contribution in [3.63, 3.8) is 0 Å². The van der Waals surface area contributed by atoms with E-state index >= 15 is 0 Å². The fraction of sp³-hybridized carbons (Fsp3) is 0.908. The first-order chi connectivity index (χ1) is 31.8. The summed E-state index contributed by atoms with van der Waals surface area (Å²) in [6.45, 7) is 54.6. The number of rotatable bonds is 13. The second-order valence-corrected chi connectivity index (χ2v) is 22.4. The molecule has 5 rings (SSSR count). The number of unbranched alkanes of at least 4 members (excludes halogenated alkanes) is 4. The molecule has 0 saturated heterocycles. The molecule has 0 aliphatic heterocycles. The van der Waals surface area contributed by atoms with Crippen LogP contribution in [-0.2, 0) is 28.2 Å². The quantitative estimate of drug-likeness (QED) is 0.183. The van der Waals surface area contributed by atoms with Crippen LogP contribution in [0, 0.1) is 60.2 Å². The van der Waals surface area contributed by atoms with Gasteiger partial charge >= 0.3 is 0 Å². The van der Waals surface area contributed by atoms with Crippen molar-refractivity contribution in [3.8, 4) is 0 Å². The van der Waals surface area contributed by atoms with Crippen molar-refractivity contribution >= 4 is 0 Å². The van der Waals surface area contributed by atoms with Crippen LogP contribution in [0.15, 0.2) is 24.3 Å². The van der Waals surface area contributed by atoms with Gasteiger partial charge in [-0.15, -0.1) is 0 Å². The van der Waals surface area contributed by atoms with Crippen LogP contribution < -0.4 is 0 Å². The number of hydrogen-bond donors (Lipinski definition) is 0. The molecule has 0 aromatic heterocycles. The molecule has 0 radical (unpaired) electrons. The zero-order valence-electron chi connectivity index (χ0n) is 51.5. The molecule has 4 fully saturated rings. The van der Waals surface area contributed by atoms with Crippen molar-refractivity contribution in [2.75, 3.05) is 32.8 Å². The maximum Gasteiger partial charge on any atom is 0.0437 e. The molecule has 0 N–H and O–H groups in total. The van der Waals surface area contributed by atoms with Gasteiger partial charge in [-0.3, -0.25) is 0 Å². The third-order valence-corrected chi connectivity index (χ3v) is 13.9. The van der Waals surface area contributed by atoms with Crippen LogP contribution in [0.25, 0.3) is 0 Å². The van der Waals surface area contributed by atoms with Gasteiger partial charge in [0.1, 0.15) is 0 Å². The first-order valence-corrected chi connectivity index (χ1v) is 30.2. The third kappa shape index (κ3) is 61.8. The number of nitrogens with zero attached hydrogens (tertiary/aromatic N) is 1. The molecule has 4 aliphatic carbocycles. The van der Waals surface area contributed by atoms with E-state index in [4.69, 9.17) is 4.74 Å². The standard InChI is InChI=1S/C9H18.C9H12.C8H16.C7H14.C7H16.C6H15N.C5H10.2C5H12.C4H10O.Fe/c1-7(2)9-6-4-5-8(9)3;1-3-9-7-5-4-6-8(9)2;1-7-4-3-5-8(2)6-7;1-6-3-4-7(2)5-6;1-6(2)5-7(3)4;1-4-7(5-2)6-3;1-2-4-5-3-1;3*1-3-5-4-2;/h7-9H,4-6H2,1-3H3;4-7H,3H2,1-2H3;7-8H,3-6H2,1-2H3;6-7H,3-5H2,1-2H3;6-7H,5H2,1-4H3;4-6H2,1-3H3;1-5H2;2*3-5H2,1-2H3;3-4H2,1-2H3;. The van der Waals surface area contributed by atoms with Gasteiger partial charge < -0.3 is 9.64 Å². The maximum absolute atomic E-state index is 4.83. The second-order valence-electron chi connectivity index (χ2n) is 22.4. The summed E-state index contributed by atoms with van der Waals surface area (Å²) in [5, 5.41) is 0. The Labute approximate surface area is 445 Å². The first kappa shape index (κ1) is 79.1. The van der Waals surface area contributed by atoms with E-state index in [9.17, 15) is 0 Å². The SMILES string of the molecule is C1CCCC1.CC(C)C1CCCC1C.CC(C)CC(C)C.CC1CCC(C)C1.CC1CCCC(C)C1.CCCCC.CCCCC.CCN(CC)CC.CCOCC.CCc1ccccc1C.[Fe]. The Kier molecular flexibility index (Phi) is 70.9. The Morgan fingerprint density at radius 3 is 1.01 bits per heavy atom. The van der Waals surface area contributed by atoms with Gasteiger partial charge in [0.05, 0.1) is 0 Å². The van der Waals surface area contributed by atoms with Gasteiger partial charge in [0.2, 0.25) is 0 Å². The van der Waals surface area contributed by atoms with Crippen LogP contribution in [0.1, 0.15) is 298 Å². The van der Waals surface area contributed by atoms with Gasteiger partial charge in [0.15, 0.2) is 0 Å². The molecule has 0 spiro atoms. The van der Waals surface area contributed by atoms with Crippen LogP contribution in [0.3, 0.4) is 0 Å². The van der Waals surface area contributed by atoms with E-state index in [1.807, 2.05) is 13.8 Å². The van der Waals surface area contributed by atoms with E-state index in [-0.39, 0.29) is 17.1 Å². The van der Waals surface area contributed by atoms with E-state index in [2.05, 4.69) is 168 Å². The second kappa shape index (κ2) is 61.0. The van der Waals surface area contributed by atoms with Crippen molar-refractivity contribution in [3.05, 3.63) is 35.4 Å². The van der Waals surface area contributed by atoms with E-state index in [0.717, 1.165) is 72.9 Å². The molecule has 1 aromatic carbocycles. The monoisotopic (exact) mass is 1000 g/mol. The predicted octanol–water partition coefficient (Wildman–Crippen LogP) is 22.3. The molecule has 4 saturated carbocycles. The van der Waals surface area contributed by atoms with E-state index in [1.165, 1.54) is 172 Å². The van der Waals surface area contributed by atoms with E-state index in [1.54, 1.807) is 0 Å². The van der Waals surface area contributed by atoms with E-state index in [0.29, 0.717) is 0 Å². The molecule has 6 unspecified atom stereocenters. The summed E-state index contributed by atoms with van der Waals surface area (Å²) in [4.78, 5) is 2.38. The van der Waals surface area contributed by atoms with Gasteiger partial charge in [-0.25, -0.2) is 0 Å². The summed E-state index contributed by atoms with van der Waals surface area (Å²) in [6, 6.07) is 8.49. The Bertz CT molecular complexity index is 960. The van der Waals surface area contributed by atoms with Crippen LogP contribution in [0.4, 0.5) is 0 Å². The summed E-state index contributed by atoms with van der Waals surface area (Å²) >= 11 is 0. The summed E-state index contributed by atoms with van der Waals surface area (Å²) in [5.41, 5.74) is 2.86. The summed E-state index contributed by atoms with van der Waals surface area (Å²) < 4.78 is 4.83. The molecular weight excluding hydrogens is 867 g/mol. The van der Waals surface area contributed by atoms with Crippen LogP contribution in [0.2, 0.25) is 0 Å². The Hall–Kier alpha value is -0.341. The minimum Gasteiger partial charge on any atom is -0.382 e. The number of hydrogen-bond acceptors (Lipinski definition) is 2. The fourth-order valence-corrected chi connectivity index (χ4v) is 9.81. The largest absolute Gasteiger partial charge is 0.382 e. The van der Waals surface area contributed by atoms with Gasteiger partial charge in [0, 0.05) is 30.3 Å². The first-order valence-electron chi connectivity index (χ1n) is 30.2. The Balaban J connectivity index is -0.000000158. The normalized spacial score (nSPS) is 20.9. The predicted molar refractivity (Wildman–Crippen MR) is 314 cm³/mol. The average Bonchev–Trinajstić information content (AvgIpc) is 4.09. The van der Waals surface area contributed by atoms with Crippen molar-refractivity contribution in [1.29, 1.82) is 0 Å². The number of aryl methyl sites for hydroxylation is 2. The molecule has 68 heavy (non-hydrogen) atoms. The maximum atomic E-state index is 4.83. The molecule has 6 atom stereocenters. The van der Waals surface area contributed by atoms with Crippen LogP contribution >= 0.6 is 0 Å². The zero-order chi connectivity index (χ0) is 52.3. The van der Waals surface area contributed by atoms with Crippen molar-refractivity contribution in [2.24, 2.45) is 53.3 Å². The van der Waals surface area contributed by atoms with Crippen molar-refractivity contribution < 1.29 is 21.8 Å². The molecule has 3 heteroatoms. The molecule has 0 amide bonds. The molecule has 0 heterocycles. The van der Waals surface area contributed by atoms with Crippen molar-refractivity contribution in [1.82, 2.24) is 4.90 Å². The third-order valence-electron chi connectivity index (χ3n) is 13.9. The Morgan fingerprint density at radius 2 is 0.868 bits per heavy atom. The minimum absolute atomic E-state index is 0. The Morgan fingerprint density at radius 1 is 0.500 bits per heavy atom. The summed E-state index contributed by atoms with van der Waals surface area (Å²) in [5.74, 6) is 8.78. The van der Waals surface area contributed by atoms with Crippen LogP contribution in [-0.4, -0.2) is 37.7 Å². The molecule has 4 aliphatic rings. The molecule has 1 aromatic rings. The van der Waals surface area contributed by atoms with E-state index < -0.39 is 0 Å². The summed E-state index contributed by atoms with van der Waals surface area (Å²) in [6.07, 6.45) is 32.9. The fourth-order valence-electron chi connectivity index (χ4n) is 9.81. The van der Waals surface area contributed by atoms with Gasteiger partial charge in [-0.2, -0.15) is 0 Å². The van der Waals surface area contributed by atoms with Crippen LogP contribution in [0.5, 0.6) is 0 Å². The zero-order valence-corrected chi connectivity index (χ0v) is 52.6. The van der Waals surface area contributed by atoms with Crippen molar-refractivity contribution in [2.45, 2.75) is 300 Å². The summed E-state index contributed by atoms with van der Waals surface area (Å²) in [7, 11) is 0. The minimum atomic E-state index is 0. The molecule has 2 nitrogen and oxygen atoms in total. The molecule has 414 valence electrons. The smallest absolute Gasteiger partial charge is 0.0437 e. The van der Waals surface area contributed by atoms with Gasteiger partial charge in [0.25, 0.3) is 0 Å². The average molecular weight is 1000 g/mol. The molecular formula is C65H135FeNO. The van der Waals surface area contributed by atoms with Gasteiger partial charge in [-0.05, 0) is 137 Å². The van der Waals surface area contributed by atoms with Gasteiger partial charge in [-0.1, -0.05) is 271 Å².